The van der Waals surface area contributed by atoms with Crippen LogP contribution in [0.4, 0.5) is 11.5 Å². The Morgan fingerprint density at radius 3 is 2.39 bits per heavy atom. The first-order chi connectivity index (χ1) is 8.37. The van der Waals surface area contributed by atoms with Crippen molar-refractivity contribution in [2.24, 2.45) is 11.3 Å². The quantitative estimate of drug-likeness (QED) is 0.843. The topological polar surface area (TPSA) is 55.9 Å². The summed E-state index contributed by atoms with van der Waals surface area (Å²) in [5, 5.41) is 8.05. The highest BCUT2D eigenvalue weighted by molar-refractivity contribution is 5.65. The van der Waals surface area contributed by atoms with E-state index in [0.717, 1.165) is 29.7 Å². The van der Waals surface area contributed by atoms with Crippen molar-refractivity contribution in [3.8, 4) is 0 Å². The summed E-state index contributed by atoms with van der Waals surface area (Å²) < 4.78 is 2.00. The molecule has 0 aliphatic heterocycles. The minimum Gasteiger partial charge on any atom is -0.394 e. The molecule has 0 radical (unpaired) electrons. The highest BCUT2D eigenvalue weighted by Crippen LogP contribution is 2.51. The number of rotatable bonds is 5. The molecule has 102 valence electrons. The molecule has 0 bridgehead atoms. The third-order valence-electron chi connectivity index (χ3n) is 4.35. The van der Waals surface area contributed by atoms with Gasteiger partial charge in [-0.1, -0.05) is 13.8 Å². The maximum absolute atomic E-state index is 6.12. The molecular formula is C14H26N4. The van der Waals surface area contributed by atoms with E-state index in [1.54, 1.807) is 0 Å². The fourth-order valence-corrected chi connectivity index (χ4v) is 2.49. The zero-order valence-corrected chi connectivity index (χ0v) is 12.2. The summed E-state index contributed by atoms with van der Waals surface area (Å²) in [6.45, 7) is 11.9. The van der Waals surface area contributed by atoms with Gasteiger partial charge in [0.2, 0.25) is 0 Å². The van der Waals surface area contributed by atoms with Crippen LogP contribution in [-0.4, -0.2) is 16.3 Å². The predicted molar refractivity (Wildman–Crippen MR) is 76.8 cm³/mol. The van der Waals surface area contributed by atoms with E-state index in [1.807, 2.05) is 11.6 Å². The first-order valence-corrected chi connectivity index (χ1v) is 6.96. The molecule has 1 aromatic rings. The van der Waals surface area contributed by atoms with Crippen molar-refractivity contribution in [1.82, 2.24) is 9.78 Å². The predicted octanol–water partition coefficient (Wildman–Crippen LogP) is 3.20. The summed E-state index contributed by atoms with van der Waals surface area (Å²) in [6.07, 6.45) is 2.65. The fraction of sp³-hybridized carbons (Fsp3) is 0.786. The molecule has 1 heterocycles. The van der Waals surface area contributed by atoms with E-state index in [0.29, 0.717) is 11.5 Å². The van der Waals surface area contributed by atoms with Crippen molar-refractivity contribution in [1.29, 1.82) is 0 Å². The van der Waals surface area contributed by atoms with Gasteiger partial charge in [-0.3, -0.25) is 0 Å². The lowest BCUT2D eigenvalue weighted by molar-refractivity contribution is 0.378. The van der Waals surface area contributed by atoms with Gasteiger partial charge in [0.15, 0.2) is 0 Å². The number of nitrogen functional groups attached to an aromatic ring is 1. The third-order valence-corrected chi connectivity index (χ3v) is 4.35. The second-order valence-corrected chi connectivity index (χ2v) is 6.26. The van der Waals surface area contributed by atoms with Gasteiger partial charge in [0.1, 0.15) is 5.82 Å². The molecule has 1 aliphatic rings. The molecule has 4 nitrogen and oxygen atoms in total. The average molecular weight is 250 g/mol. The highest BCUT2D eigenvalue weighted by atomic mass is 15.4. The zero-order valence-electron chi connectivity index (χ0n) is 12.2. The lowest BCUT2D eigenvalue weighted by Crippen LogP contribution is -2.23. The number of anilines is 2. The van der Waals surface area contributed by atoms with Gasteiger partial charge in [0.25, 0.3) is 0 Å². The molecule has 18 heavy (non-hydrogen) atoms. The molecule has 2 rings (SSSR count). The van der Waals surface area contributed by atoms with Gasteiger partial charge >= 0.3 is 0 Å². The first kappa shape index (κ1) is 13.2. The fourth-order valence-electron chi connectivity index (χ4n) is 2.49. The number of nitrogens with one attached hydrogen (secondary N) is 1. The van der Waals surface area contributed by atoms with Crippen LogP contribution in [0.3, 0.4) is 0 Å². The Hall–Kier alpha value is -1.19. The van der Waals surface area contributed by atoms with Crippen molar-refractivity contribution in [3.05, 3.63) is 5.69 Å². The first-order valence-electron chi connectivity index (χ1n) is 6.96. The van der Waals surface area contributed by atoms with E-state index in [4.69, 9.17) is 5.73 Å². The van der Waals surface area contributed by atoms with Crippen LogP contribution in [0.5, 0.6) is 0 Å². The lowest BCUT2D eigenvalue weighted by atomic mass is 9.92. The molecule has 0 atom stereocenters. The number of aromatic nitrogens is 2. The monoisotopic (exact) mass is 250 g/mol. The van der Waals surface area contributed by atoms with Gasteiger partial charge in [0, 0.05) is 12.6 Å². The van der Waals surface area contributed by atoms with Gasteiger partial charge in [0.05, 0.1) is 11.4 Å². The maximum Gasteiger partial charge on any atom is 0.148 e. The van der Waals surface area contributed by atoms with Crippen molar-refractivity contribution in [2.75, 3.05) is 17.6 Å². The van der Waals surface area contributed by atoms with Crippen LogP contribution in [0, 0.1) is 18.3 Å². The number of aryl methyl sites for hydroxylation is 1. The summed E-state index contributed by atoms with van der Waals surface area (Å²) in [7, 11) is 0. The van der Waals surface area contributed by atoms with E-state index >= 15 is 0 Å². The van der Waals surface area contributed by atoms with Gasteiger partial charge in [-0.2, -0.15) is 5.10 Å². The molecule has 0 amide bonds. The van der Waals surface area contributed by atoms with Crippen molar-refractivity contribution in [2.45, 2.75) is 53.5 Å². The van der Waals surface area contributed by atoms with E-state index in [9.17, 15) is 0 Å². The Bertz CT molecular complexity index is 427. The SMILES string of the molecule is Cc1nn(C(C)C)c(NCC2(C(C)C)CC2)c1N. The molecule has 1 saturated carbocycles. The molecule has 4 heteroatoms. The van der Waals surface area contributed by atoms with Crippen LogP contribution in [-0.2, 0) is 0 Å². The van der Waals surface area contributed by atoms with Crippen LogP contribution < -0.4 is 11.1 Å². The molecular weight excluding hydrogens is 224 g/mol. The van der Waals surface area contributed by atoms with E-state index in [1.165, 1.54) is 12.8 Å². The average Bonchev–Trinajstić information content (AvgIpc) is 3.02. The summed E-state index contributed by atoms with van der Waals surface area (Å²) >= 11 is 0. The minimum absolute atomic E-state index is 0.331. The molecule has 1 fully saturated rings. The molecule has 1 aromatic heterocycles. The standard InChI is InChI=1S/C14H26N4/c1-9(2)14(6-7-14)8-16-13-12(15)11(5)17-18(13)10(3)4/h9-10,16H,6-8,15H2,1-5H3. The normalized spacial score (nSPS) is 17.5. The summed E-state index contributed by atoms with van der Waals surface area (Å²) in [5.74, 6) is 1.72. The molecule has 0 saturated heterocycles. The Kier molecular flexibility index (Phi) is 3.30. The Morgan fingerprint density at radius 2 is 1.94 bits per heavy atom. The van der Waals surface area contributed by atoms with Gasteiger partial charge in [-0.25, -0.2) is 4.68 Å². The third kappa shape index (κ3) is 2.20. The highest BCUT2D eigenvalue weighted by Gasteiger charge is 2.45. The van der Waals surface area contributed by atoms with Crippen LogP contribution >= 0.6 is 0 Å². The number of nitrogens with two attached hydrogens (primary N) is 1. The number of hydrogen-bond donors (Lipinski definition) is 2. The van der Waals surface area contributed by atoms with Crippen molar-refractivity contribution >= 4 is 11.5 Å². The Labute approximate surface area is 110 Å². The largest absolute Gasteiger partial charge is 0.394 e. The van der Waals surface area contributed by atoms with Crippen LogP contribution in [0.1, 0.15) is 52.3 Å². The number of hydrogen-bond acceptors (Lipinski definition) is 3. The van der Waals surface area contributed by atoms with Crippen molar-refractivity contribution < 1.29 is 0 Å². The minimum atomic E-state index is 0.331. The molecule has 3 N–H and O–H groups in total. The summed E-state index contributed by atoms with van der Waals surface area (Å²) in [6, 6.07) is 0.331. The zero-order chi connectivity index (χ0) is 13.5. The van der Waals surface area contributed by atoms with E-state index in [-0.39, 0.29) is 0 Å². The smallest absolute Gasteiger partial charge is 0.148 e. The maximum atomic E-state index is 6.12. The van der Waals surface area contributed by atoms with Gasteiger partial charge in [-0.05, 0) is 44.9 Å². The second-order valence-electron chi connectivity index (χ2n) is 6.26. The van der Waals surface area contributed by atoms with Crippen LogP contribution in [0.2, 0.25) is 0 Å². The van der Waals surface area contributed by atoms with Crippen molar-refractivity contribution in [3.63, 3.8) is 0 Å². The summed E-state index contributed by atoms with van der Waals surface area (Å²) in [4.78, 5) is 0. The molecule has 0 aromatic carbocycles. The second kappa shape index (κ2) is 4.48. The Morgan fingerprint density at radius 1 is 1.33 bits per heavy atom. The number of nitrogens with zero attached hydrogens (tertiary/aromatic N) is 2. The van der Waals surface area contributed by atoms with Crippen LogP contribution in [0.25, 0.3) is 0 Å². The lowest BCUT2D eigenvalue weighted by Gasteiger charge is -2.22. The molecule has 0 unspecified atom stereocenters. The van der Waals surface area contributed by atoms with E-state index < -0.39 is 0 Å². The molecule has 0 spiro atoms. The molecule has 1 aliphatic carbocycles. The van der Waals surface area contributed by atoms with E-state index in [2.05, 4.69) is 38.1 Å². The van der Waals surface area contributed by atoms with Gasteiger partial charge < -0.3 is 11.1 Å². The van der Waals surface area contributed by atoms with Crippen LogP contribution in [0.15, 0.2) is 0 Å². The summed E-state index contributed by atoms with van der Waals surface area (Å²) in [5.41, 5.74) is 8.31. The van der Waals surface area contributed by atoms with Gasteiger partial charge in [-0.15, -0.1) is 0 Å². The Balaban J connectivity index is 2.14.